The fourth-order valence-electron chi connectivity index (χ4n) is 3.99. The fraction of sp³-hybridized carbons (Fsp3) is 0.600. The molecule has 1 heterocycles. The van der Waals surface area contributed by atoms with Crippen LogP contribution in [0.2, 0.25) is 0 Å². The van der Waals surface area contributed by atoms with Gasteiger partial charge < -0.3 is 20.3 Å². The van der Waals surface area contributed by atoms with Crippen LogP contribution in [0.3, 0.4) is 0 Å². The van der Waals surface area contributed by atoms with Crippen molar-refractivity contribution in [2.75, 3.05) is 27.2 Å². The number of likely N-dealkylation sites (N-methyl/N-ethyl adjacent to an activating group) is 1. The summed E-state index contributed by atoms with van der Waals surface area (Å²) < 4.78 is 6.93. The average Bonchev–Trinajstić information content (AvgIpc) is 3.09. The highest BCUT2D eigenvalue weighted by atomic mass is 79.9. The average molecular weight is 437 g/mol. The van der Waals surface area contributed by atoms with Crippen molar-refractivity contribution in [1.82, 2.24) is 15.5 Å². The van der Waals surface area contributed by atoms with E-state index in [1.54, 1.807) is 19.0 Å². The molecule has 1 aromatic carbocycles. The first-order valence-corrected chi connectivity index (χ1v) is 10.2. The number of halogens is 1. The molecule has 1 aliphatic heterocycles. The Morgan fingerprint density at radius 3 is 2.70 bits per heavy atom. The Bertz CT molecular complexity index is 702. The van der Waals surface area contributed by atoms with Crippen molar-refractivity contribution in [3.05, 3.63) is 34.3 Å². The Morgan fingerprint density at radius 1 is 1.33 bits per heavy atom. The molecule has 2 fully saturated rings. The van der Waals surface area contributed by atoms with Gasteiger partial charge in [-0.15, -0.1) is 0 Å². The van der Waals surface area contributed by atoms with E-state index >= 15 is 0 Å². The third-order valence-electron chi connectivity index (χ3n) is 5.63. The molecule has 0 bridgehead atoms. The summed E-state index contributed by atoms with van der Waals surface area (Å²) in [5.41, 5.74) is 1.17. The van der Waals surface area contributed by atoms with Crippen LogP contribution in [0.4, 0.5) is 0 Å². The lowest BCUT2D eigenvalue weighted by atomic mass is 9.57. The number of nitrogens with one attached hydrogen (secondary N) is 2. The van der Waals surface area contributed by atoms with Crippen LogP contribution in [-0.4, -0.2) is 56.2 Å². The minimum atomic E-state index is 0.0167. The molecular weight excluding hydrogens is 408 g/mol. The molecule has 1 aliphatic carbocycles. The number of aliphatic imine (C=N–C) groups is 1. The van der Waals surface area contributed by atoms with E-state index in [2.05, 4.69) is 40.4 Å². The van der Waals surface area contributed by atoms with E-state index in [0.717, 1.165) is 23.1 Å². The minimum Gasteiger partial charge on any atom is -0.377 e. The maximum atomic E-state index is 12.0. The monoisotopic (exact) mass is 436 g/mol. The van der Waals surface area contributed by atoms with Crippen LogP contribution in [0.15, 0.2) is 33.7 Å². The fourth-order valence-corrected chi connectivity index (χ4v) is 4.26. The summed E-state index contributed by atoms with van der Waals surface area (Å²) in [4.78, 5) is 18.3. The number of hydrogen-bond donors (Lipinski definition) is 2. The Balaban J connectivity index is 1.70. The number of fused-ring (bicyclic) bond motifs is 1. The first kappa shape index (κ1) is 20.1. The van der Waals surface area contributed by atoms with Crippen molar-refractivity contribution in [2.45, 2.75) is 39.0 Å². The predicted octanol–water partition coefficient (Wildman–Crippen LogP) is 2.39. The van der Waals surface area contributed by atoms with Crippen LogP contribution in [0.25, 0.3) is 0 Å². The van der Waals surface area contributed by atoms with Gasteiger partial charge >= 0.3 is 0 Å². The second-order valence-corrected chi connectivity index (χ2v) is 9.04. The summed E-state index contributed by atoms with van der Waals surface area (Å²) in [6, 6.07) is 8.40. The van der Waals surface area contributed by atoms with E-state index in [9.17, 15) is 4.79 Å². The Labute approximate surface area is 169 Å². The van der Waals surface area contributed by atoms with E-state index in [1.807, 2.05) is 24.3 Å². The van der Waals surface area contributed by atoms with Gasteiger partial charge in [-0.1, -0.05) is 41.9 Å². The number of ether oxygens (including phenoxy) is 1. The largest absolute Gasteiger partial charge is 0.377 e. The Kier molecular flexibility index (Phi) is 6.11. The van der Waals surface area contributed by atoms with Crippen LogP contribution < -0.4 is 10.6 Å². The molecule has 2 N–H and O–H groups in total. The number of amides is 1. The number of nitrogens with zero attached hydrogens (tertiary/aromatic N) is 2. The molecule has 1 saturated heterocycles. The Morgan fingerprint density at radius 2 is 2.04 bits per heavy atom. The first-order chi connectivity index (χ1) is 12.8. The van der Waals surface area contributed by atoms with E-state index in [1.165, 1.54) is 0 Å². The second-order valence-electron chi connectivity index (χ2n) is 8.12. The van der Waals surface area contributed by atoms with Crippen molar-refractivity contribution < 1.29 is 9.53 Å². The minimum absolute atomic E-state index is 0.0167. The van der Waals surface area contributed by atoms with Crippen LogP contribution in [0.1, 0.15) is 25.8 Å². The topological polar surface area (TPSA) is 66.0 Å². The van der Waals surface area contributed by atoms with Gasteiger partial charge in [0.1, 0.15) is 0 Å². The zero-order chi connectivity index (χ0) is 19.6. The summed E-state index contributed by atoms with van der Waals surface area (Å²) in [6.45, 7) is 6.06. The van der Waals surface area contributed by atoms with Gasteiger partial charge in [0.05, 0.1) is 19.2 Å². The summed E-state index contributed by atoms with van der Waals surface area (Å²) in [5.74, 6) is 1.20. The number of rotatable bonds is 5. The first-order valence-electron chi connectivity index (χ1n) is 9.40. The van der Waals surface area contributed by atoms with Crippen molar-refractivity contribution in [3.8, 4) is 0 Å². The molecule has 0 radical (unpaired) electrons. The number of carbonyl (C=O) groups is 1. The standard InChI is InChI=1S/C20H29BrN4O2/c1-20(2)17(15-9-10-27-18(15)20)24-19(23-12-16(26)25(3)4)22-11-13-5-7-14(21)8-6-13/h5-8,15,17-18H,9-12H2,1-4H3,(H2,22,23,24). The molecule has 6 nitrogen and oxygen atoms in total. The molecule has 2 aliphatic rings. The third-order valence-corrected chi connectivity index (χ3v) is 6.16. The molecule has 3 rings (SSSR count). The lowest BCUT2D eigenvalue weighted by molar-refractivity contribution is -0.127. The van der Waals surface area contributed by atoms with Crippen LogP contribution >= 0.6 is 15.9 Å². The lowest BCUT2D eigenvalue weighted by Crippen LogP contribution is -2.68. The number of carbonyl (C=O) groups excluding carboxylic acids is 1. The van der Waals surface area contributed by atoms with Gasteiger partial charge in [0.25, 0.3) is 0 Å². The normalized spacial score (nSPS) is 26.1. The summed E-state index contributed by atoms with van der Waals surface area (Å²) in [5, 5.41) is 6.77. The van der Waals surface area contributed by atoms with Crippen LogP contribution in [-0.2, 0) is 16.1 Å². The van der Waals surface area contributed by atoms with Gasteiger partial charge in [-0.25, -0.2) is 4.99 Å². The zero-order valence-corrected chi connectivity index (χ0v) is 18.0. The smallest absolute Gasteiger partial charge is 0.241 e. The second kappa shape index (κ2) is 8.19. The van der Waals surface area contributed by atoms with Gasteiger partial charge in [-0.2, -0.15) is 0 Å². The van der Waals surface area contributed by atoms with Gasteiger partial charge in [-0.05, 0) is 24.1 Å². The third kappa shape index (κ3) is 4.46. The van der Waals surface area contributed by atoms with Gasteiger partial charge in [-0.3, -0.25) is 4.79 Å². The number of guanidine groups is 1. The molecule has 0 aromatic heterocycles. The molecule has 0 spiro atoms. The van der Waals surface area contributed by atoms with E-state index < -0.39 is 0 Å². The van der Waals surface area contributed by atoms with E-state index in [-0.39, 0.29) is 23.9 Å². The van der Waals surface area contributed by atoms with Gasteiger partial charge in [0, 0.05) is 42.5 Å². The maximum absolute atomic E-state index is 12.0. The zero-order valence-electron chi connectivity index (χ0n) is 16.5. The van der Waals surface area contributed by atoms with Crippen LogP contribution in [0.5, 0.6) is 0 Å². The van der Waals surface area contributed by atoms with Crippen LogP contribution in [0, 0.1) is 11.3 Å². The highest BCUT2D eigenvalue weighted by Gasteiger charge is 2.59. The van der Waals surface area contributed by atoms with Crippen molar-refractivity contribution in [3.63, 3.8) is 0 Å². The molecule has 7 heteroatoms. The molecule has 148 valence electrons. The Hall–Kier alpha value is -1.60. The predicted molar refractivity (Wildman–Crippen MR) is 111 cm³/mol. The van der Waals surface area contributed by atoms with Gasteiger partial charge in [0.2, 0.25) is 5.91 Å². The summed E-state index contributed by atoms with van der Waals surface area (Å²) in [6.07, 6.45) is 1.38. The molecule has 3 unspecified atom stereocenters. The SMILES string of the molecule is CN(C)C(=O)CNC(=NCc1ccc(Br)cc1)NC1C2CCOC2C1(C)C. The van der Waals surface area contributed by atoms with Gasteiger partial charge in [0.15, 0.2) is 5.96 Å². The van der Waals surface area contributed by atoms with E-state index in [4.69, 9.17) is 9.73 Å². The van der Waals surface area contributed by atoms with E-state index in [0.29, 0.717) is 24.5 Å². The molecule has 1 aromatic rings. The molecule has 3 atom stereocenters. The van der Waals surface area contributed by atoms with Crippen molar-refractivity contribution >= 4 is 27.8 Å². The van der Waals surface area contributed by atoms with Crippen molar-refractivity contribution in [1.29, 1.82) is 0 Å². The van der Waals surface area contributed by atoms with Crippen molar-refractivity contribution in [2.24, 2.45) is 16.3 Å². The summed E-state index contributed by atoms with van der Waals surface area (Å²) in [7, 11) is 3.51. The number of hydrogen-bond acceptors (Lipinski definition) is 3. The number of benzene rings is 1. The molecule has 27 heavy (non-hydrogen) atoms. The quantitative estimate of drug-likeness (QED) is 0.549. The molecule has 1 saturated carbocycles. The highest BCUT2D eigenvalue weighted by molar-refractivity contribution is 9.10. The molecule has 1 amide bonds. The highest BCUT2D eigenvalue weighted by Crippen LogP contribution is 2.52. The maximum Gasteiger partial charge on any atom is 0.241 e. The lowest BCUT2D eigenvalue weighted by Gasteiger charge is -2.54. The molecular formula is C20H29BrN4O2. The summed E-state index contributed by atoms with van der Waals surface area (Å²) >= 11 is 3.45.